The van der Waals surface area contributed by atoms with E-state index in [9.17, 15) is 9.59 Å². The van der Waals surface area contributed by atoms with E-state index in [-0.39, 0.29) is 24.9 Å². The van der Waals surface area contributed by atoms with Crippen LogP contribution >= 0.6 is 23.4 Å². The summed E-state index contributed by atoms with van der Waals surface area (Å²) in [6.07, 6.45) is -0.0221. The highest BCUT2D eigenvalue weighted by atomic mass is 35.5. The fourth-order valence-corrected chi connectivity index (χ4v) is 2.80. The van der Waals surface area contributed by atoms with Crippen molar-refractivity contribution in [2.45, 2.75) is 32.1 Å². The average Bonchev–Trinajstić information content (AvgIpc) is 2.40. The van der Waals surface area contributed by atoms with Gasteiger partial charge in [-0.25, -0.2) is 0 Å². The molecule has 6 heteroatoms. The molecule has 116 valence electrons. The molecule has 0 saturated carbocycles. The second-order valence-electron chi connectivity index (χ2n) is 4.94. The number of hydrogen-bond acceptors (Lipinski definition) is 3. The third-order valence-corrected chi connectivity index (χ3v) is 4.16. The van der Waals surface area contributed by atoms with E-state index in [0.717, 1.165) is 11.3 Å². The number of nitrogens with zero attached hydrogens (tertiary/aromatic N) is 1. The first-order chi connectivity index (χ1) is 9.90. The molecule has 1 N–H and O–H groups in total. The van der Waals surface area contributed by atoms with Crippen LogP contribution in [0, 0.1) is 0 Å². The van der Waals surface area contributed by atoms with Gasteiger partial charge in [-0.3, -0.25) is 9.59 Å². The third kappa shape index (κ3) is 6.87. The number of thioether (sulfide) groups is 1. The molecule has 1 aromatic rings. The molecule has 0 aromatic heterocycles. The summed E-state index contributed by atoms with van der Waals surface area (Å²) in [6, 6.07) is 7.53. The van der Waals surface area contributed by atoms with Crippen molar-refractivity contribution in [3.8, 4) is 0 Å². The maximum Gasteiger partial charge on any atom is 0.305 e. The van der Waals surface area contributed by atoms with Crippen LogP contribution < -0.4 is 0 Å². The van der Waals surface area contributed by atoms with Gasteiger partial charge in [0, 0.05) is 23.4 Å². The highest BCUT2D eigenvalue weighted by Gasteiger charge is 2.17. The molecular weight excluding hydrogens is 310 g/mol. The lowest BCUT2D eigenvalue weighted by Gasteiger charge is -2.26. The van der Waals surface area contributed by atoms with Crippen LogP contribution in [0.4, 0.5) is 0 Å². The summed E-state index contributed by atoms with van der Waals surface area (Å²) in [6.45, 7) is 4.04. The molecule has 21 heavy (non-hydrogen) atoms. The monoisotopic (exact) mass is 329 g/mol. The van der Waals surface area contributed by atoms with Crippen LogP contribution in [-0.2, 0) is 15.3 Å². The van der Waals surface area contributed by atoms with Gasteiger partial charge in [-0.15, -0.1) is 11.8 Å². The minimum Gasteiger partial charge on any atom is -0.481 e. The molecule has 0 aliphatic heterocycles. The van der Waals surface area contributed by atoms with Gasteiger partial charge in [0.05, 0.1) is 12.2 Å². The SMILES string of the molecule is CC(C)N(CCC(=O)O)C(=O)CSCc1ccc(Cl)cc1. The minimum atomic E-state index is -0.887. The van der Waals surface area contributed by atoms with Crippen LogP contribution in [-0.4, -0.2) is 40.2 Å². The van der Waals surface area contributed by atoms with Crippen molar-refractivity contribution in [2.24, 2.45) is 0 Å². The Kier molecular flexibility index (Phi) is 7.61. The molecule has 0 aliphatic rings. The van der Waals surface area contributed by atoms with Gasteiger partial charge >= 0.3 is 5.97 Å². The van der Waals surface area contributed by atoms with Crippen LogP contribution in [0.2, 0.25) is 5.02 Å². The topological polar surface area (TPSA) is 57.6 Å². The molecule has 0 heterocycles. The maximum atomic E-state index is 12.1. The predicted molar refractivity (Wildman–Crippen MR) is 86.7 cm³/mol. The highest BCUT2D eigenvalue weighted by Crippen LogP contribution is 2.16. The number of carboxylic acid groups (broad SMARTS) is 1. The maximum absolute atomic E-state index is 12.1. The molecular formula is C15H20ClNO3S. The van der Waals surface area contributed by atoms with E-state index in [1.807, 2.05) is 38.1 Å². The molecule has 0 radical (unpaired) electrons. The Hall–Kier alpha value is -1.20. The first-order valence-electron chi connectivity index (χ1n) is 6.73. The zero-order chi connectivity index (χ0) is 15.8. The van der Waals surface area contributed by atoms with Gasteiger partial charge in [0.15, 0.2) is 0 Å². The molecule has 0 fully saturated rings. The van der Waals surface area contributed by atoms with Crippen molar-refractivity contribution >= 4 is 35.2 Å². The summed E-state index contributed by atoms with van der Waals surface area (Å²) < 4.78 is 0. The minimum absolute atomic E-state index is 0.00739. The Balaban J connectivity index is 2.42. The number of carbonyl (C=O) groups excluding carboxylic acids is 1. The number of halogens is 1. The molecule has 4 nitrogen and oxygen atoms in total. The van der Waals surface area contributed by atoms with Crippen molar-refractivity contribution in [1.82, 2.24) is 4.90 Å². The summed E-state index contributed by atoms with van der Waals surface area (Å²) in [4.78, 5) is 24.4. The first-order valence-corrected chi connectivity index (χ1v) is 8.27. The normalized spacial score (nSPS) is 10.7. The molecule has 0 unspecified atom stereocenters. The lowest BCUT2D eigenvalue weighted by Crippen LogP contribution is -2.39. The number of rotatable bonds is 8. The fraction of sp³-hybridized carbons (Fsp3) is 0.467. The quantitative estimate of drug-likeness (QED) is 0.795. The summed E-state index contributed by atoms with van der Waals surface area (Å²) in [5.74, 6) is 0.168. The zero-order valence-electron chi connectivity index (χ0n) is 12.2. The molecule has 0 atom stereocenters. The summed E-state index contributed by atoms with van der Waals surface area (Å²) in [5.41, 5.74) is 1.11. The number of hydrogen-bond donors (Lipinski definition) is 1. The Labute approximate surface area is 134 Å². The molecule has 0 spiro atoms. The van der Waals surface area contributed by atoms with E-state index in [4.69, 9.17) is 16.7 Å². The van der Waals surface area contributed by atoms with Crippen molar-refractivity contribution < 1.29 is 14.7 Å². The summed E-state index contributed by atoms with van der Waals surface area (Å²) >= 11 is 7.34. The van der Waals surface area contributed by atoms with Gasteiger partial charge < -0.3 is 10.0 Å². The highest BCUT2D eigenvalue weighted by molar-refractivity contribution is 7.99. The van der Waals surface area contributed by atoms with Crippen LogP contribution in [0.3, 0.4) is 0 Å². The Bertz CT molecular complexity index is 476. The number of carbonyl (C=O) groups is 2. The fourth-order valence-electron chi connectivity index (χ4n) is 1.81. The van der Waals surface area contributed by atoms with Gasteiger partial charge in [0.25, 0.3) is 0 Å². The van der Waals surface area contributed by atoms with E-state index in [1.54, 1.807) is 4.90 Å². The van der Waals surface area contributed by atoms with Crippen LogP contribution in [0.5, 0.6) is 0 Å². The van der Waals surface area contributed by atoms with Crippen molar-refractivity contribution in [1.29, 1.82) is 0 Å². The molecule has 1 aromatic carbocycles. The number of aliphatic carboxylic acids is 1. The van der Waals surface area contributed by atoms with Gasteiger partial charge in [-0.2, -0.15) is 0 Å². The van der Waals surface area contributed by atoms with Gasteiger partial charge in [-0.05, 0) is 31.5 Å². The second-order valence-corrected chi connectivity index (χ2v) is 6.37. The lowest BCUT2D eigenvalue weighted by atomic mass is 10.2. The van der Waals surface area contributed by atoms with E-state index in [1.165, 1.54) is 11.8 Å². The van der Waals surface area contributed by atoms with Gasteiger partial charge in [0.1, 0.15) is 0 Å². The smallest absolute Gasteiger partial charge is 0.305 e. The molecule has 0 aliphatic carbocycles. The molecule has 1 rings (SSSR count). The largest absolute Gasteiger partial charge is 0.481 e. The van der Waals surface area contributed by atoms with E-state index in [2.05, 4.69) is 0 Å². The Morgan fingerprint density at radius 1 is 1.29 bits per heavy atom. The molecule has 0 saturated heterocycles. The summed E-state index contributed by atoms with van der Waals surface area (Å²) in [5, 5.41) is 9.41. The average molecular weight is 330 g/mol. The van der Waals surface area contributed by atoms with Crippen molar-refractivity contribution in [2.75, 3.05) is 12.3 Å². The Morgan fingerprint density at radius 3 is 2.43 bits per heavy atom. The van der Waals surface area contributed by atoms with E-state index >= 15 is 0 Å². The third-order valence-electron chi connectivity index (χ3n) is 2.92. The first kappa shape index (κ1) is 17.9. The number of amides is 1. The Morgan fingerprint density at radius 2 is 1.90 bits per heavy atom. The molecule has 0 bridgehead atoms. The zero-order valence-corrected chi connectivity index (χ0v) is 13.8. The second kappa shape index (κ2) is 8.95. The van der Waals surface area contributed by atoms with Crippen LogP contribution in [0.15, 0.2) is 24.3 Å². The molecule has 1 amide bonds. The van der Waals surface area contributed by atoms with E-state index in [0.29, 0.717) is 10.8 Å². The van der Waals surface area contributed by atoms with Gasteiger partial charge in [-0.1, -0.05) is 23.7 Å². The van der Waals surface area contributed by atoms with Gasteiger partial charge in [0.2, 0.25) is 5.91 Å². The van der Waals surface area contributed by atoms with Crippen LogP contribution in [0.1, 0.15) is 25.8 Å². The predicted octanol–water partition coefficient (Wildman–Crippen LogP) is 3.28. The standard InChI is InChI=1S/C15H20ClNO3S/c1-11(2)17(8-7-15(19)20)14(18)10-21-9-12-3-5-13(16)6-4-12/h3-6,11H,7-10H2,1-2H3,(H,19,20). The van der Waals surface area contributed by atoms with Crippen LogP contribution in [0.25, 0.3) is 0 Å². The number of benzene rings is 1. The summed E-state index contributed by atoms with van der Waals surface area (Å²) in [7, 11) is 0. The van der Waals surface area contributed by atoms with Crippen molar-refractivity contribution in [3.63, 3.8) is 0 Å². The van der Waals surface area contributed by atoms with Crippen molar-refractivity contribution in [3.05, 3.63) is 34.9 Å². The lowest BCUT2D eigenvalue weighted by molar-refractivity contribution is -0.138. The van der Waals surface area contributed by atoms with E-state index < -0.39 is 5.97 Å². The number of carboxylic acids is 1.